The summed E-state index contributed by atoms with van der Waals surface area (Å²) in [7, 11) is 0. The molecule has 3 heteroatoms. The minimum Gasteiger partial charge on any atom is -0.346 e. The van der Waals surface area contributed by atoms with Crippen molar-refractivity contribution in [1.82, 2.24) is 15.0 Å². The largest absolute Gasteiger partial charge is 0.346 e. The predicted molar refractivity (Wildman–Crippen MR) is 54.7 cm³/mol. The van der Waals surface area contributed by atoms with Crippen LogP contribution in [-0.2, 0) is 0 Å². The van der Waals surface area contributed by atoms with Crippen molar-refractivity contribution in [2.75, 3.05) is 0 Å². The zero-order valence-electron chi connectivity index (χ0n) is 8.55. The molecule has 0 radical (unpaired) electrons. The minimum atomic E-state index is 0.926. The van der Waals surface area contributed by atoms with Gasteiger partial charge < -0.3 is 4.98 Å². The molecule has 0 aromatic carbocycles. The molecule has 2 aromatic rings. The van der Waals surface area contributed by atoms with E-state index < -0.39 is 0 Å². The Hall–Kier alpha value is -1.38. The van der Waals surface area contributed by atoms with Gasteiger partial charge in [0.1, 0.15) is 12.0 Å². The Bertz CT molecular complexity index is 390. The Balaban J connectivity index is 0.000000396. The Morgan fingerprint density at radius 2 is 1.85 bits per heavy atom. The van der Waals surface area contributed by atoms with E-state index in [4.69, 9.17) is 0 Å². The van der Waals surface area contributed by atoms with Crippen molar-refractivity contribution in [2.24, 2.45) is 0 Å². The molecular formula is C10H15N3. The van der Waals surface area contributed by atoms with Gasteiger partial charge in [0, 0.05) is 11.6 Å². The lowest BCUT2D eigenvalue weighted by atomic mass is 10.2. The topological polar surface area (TPSA) is 41.6 Å². The summed E-state index contributed by atoms with van der Waals surface area (Å²) in [5.74, 6) is 0. The van der Waals surface area contributed by atoms with Crippen molar-refractivity contribution in [2.45, 2.75) is 27.7 Å². The van der Waals surface area contributed by atoms with Gasteiger partial charge in [0.15, 0.2) is 0 Å². The molecule has 1 N–H and O–H groups in total. The lowest BCUT2D eigenvalue weighted by Crippen LogP contribution is -1.84. The first-order valence-corrected chi connectivity index (χ1v) is 4.54. The van der Waals surface area contributed by atoms with Crippen LogP contribution in [0.1, 0.15) is 25.1 Å². The number of hydrogen-bond donors (Lipinski definition) is 1. The van der Waals surface area contributed by atoms with Gasteiger partial charge in [-0.15, -0.1) is 0 Å². The summed E-state index contributed by atoms with van der Waals surface area (Å²) in [5, 5.41) is 1.15. The summed E-state index contributed by atoms with van der Waals surface area (Å²) in [5.41, 5.74) is 3.17. The Morgan fingerprint density at radius 1 is 1.15 bits per heavy atom. The maximum absolute atomic E-state index is 4.11. The molecule has 0 atom stereocenters. The van der Waals surface area contributed by atoms with Crippen LogP contribution in [0.15, 0.2) is 12.5 Å². The molecule has 0 fully saturated rings. The number of hydrogen-bond acceptors (Lipinski definition) is 2. The van der Waals surface area contributed by atoms with Gasteiger partial charge in [-0.2, -0.15) is 0 Å². The van der Waals surface area contributed by atoms with Crippen molar-refractivity contribution >= 4 is 11.0 Å². The fourth-order valence-electron chi connectivity index (χ4n) is 1.30. The van der Waals surface area contributed by atoms with Crippen LogP contribution in [-0.4, -0.2) is 15.0 Å². The monoisotopic (exact) mass is 177 g/mol. The first kappa shape index (κ1) is 9.71. The Kier molecular flexibility index (Phi) is 3.01. The molecule has 0 saturated carbocycles. The molecule has 70 valence electrons. The van der Waals surface area contributed by atoms with Gasteiger partial charge in [-0.25, -0.2) is 9.97 Å². The zero-order chi connectivity index (χ0) is 9.84. The number of nitrogens with one attached hydrogen (secondary N) is 1. The SMILES string of the molecule is CC.Cc1c[nH]c2ncnc(C)c12. The van der Waals surface area contributed by atoms with Gasteiger partial charge in [-0.1, -0.05) is 13.8 Å². The molecule has 0 aliphatic carbocycles. The molecule has 0 aliphatic rings. The van der Waals surface area contributed by atoms with Gasteiger partial charge in [-0.3, -0.25) is 0 Å². The molecule has 0 amide bonds. The lowest BCUT2D eigenvalue weighted by molar-refractivity contribution is 1.14. The van der Waals surface area contributed by atoms with Gasteiger partial charge in [-0.05, 0) is 19.4 Å². The Morgan fingerprint density at radius 3 is 2.46 bits per heavy atom. The molecule has 2 aromatic heterocycles. The van der Waals surface area contributed by atoms with E-state index in [-0.39, 0.29) is 0 Å². The van der Waals surface area contributed by atoms with Crippen molar-refractivity contribution < 1.29 is 0 Å². The smallest absolute Gasteiger partial charge is 0.141 e. The van der Waals surface area contributed by atoms with Crippen LogP contribution in [0.3, 0.4) is 0 Å². The molecule has 0 aliphatic heterocycles. The van der Waals surface area contributed by atoms with Gasteiger partial charge in [0.2, 0.25) is 0 Å². The first-order valence-electron chi connectivity index (χ1n) is 4.54. The fourth-order valence-corrected chi connectivity index (χ4v) is 1.30. The summed E-state index contributed by atoms with van der Waals surface area (Å²) in [6.45, 7) is 8.04. The second-order valence-electron chi connectivity index (χ2n) is 2.65. The summed E-state index contributed by atoms with van der Waals surface area (Å²) in [6, 6.07) is 0. The highest BCUT2D eigenvalue weighted by molar-refractivity contribution is 5.81. The number of nitrogens with zero attached hydrogens (tertiary/aromatic N) is 2. The number of fused-ring (bicyclic) bond motifs is 1. The van der Waals surface area contributed by atoms with Crippen LogP contribution in [0.2, 0.25) is 0 Å². The van der Waals surface area contributed by atoms with E-state index in [1.807, 2.05) is 27.0 Å². The average Bonchev–Trinajstić information content (AvgIpc) is 2.53. The quantitative estimate of drug-likeness (QED) is 0.672. The van der Waals surface area contributed by atoms with Crippen molar-refractivity contribution in [3.05, 3.63) is 23.8 Å². The van der Waals surface area contributed by atoms with Crippen LogP contribution >= 0.6 is 0 Å². The normalized spacial score (nSPS) is 9.54. The predicted octanol–water partition coefficient (Wildman–Crippen LogP) is 2.60. The number of rotatable bonds is 0. The minimum absolute atomic E-state index is 0.926. The van der Waals surface area contributed by atoms with Crippen LogP contribution in [0, 0.1) is 13.8 Å². The summed E-state index contributed by atoms with van der Waals surface area (Å²) < 4.78 is 0. The molecule has 13 heavy (non-hydrogen) atoms. The maximum atomic E-state index is 4.11. The molecule has 3 nitrogen and oxygen atoms in total. The summed E-state index contributed by atoms with van der Waals surface area (Å²) >= 11 is 0. The van der Waals surface area contributed by atoms with Gasteiger partial charge in [0.05, 0.1) is 5.69 Å². The second kappa shape index (κ2) is 4.03. The van der Waals surface area contributed by atoms with E-state index in [9.17, 15) is 0 Å². The van der Waals surface area contributed by atoms with Crippen molar-refractivity contribution in [3.63, 3.8) is 0 Å². The second-order valence-corrected chi connectivity index (χ2v) is 2.65. The molecule has 0 spiro atoms. The average molecular weight is 177 g/mol. The highest BCUT2D eigenvalue weighted by Gasteiger charge is 2.02. The highest BCUT2D eigenvalue weighted by atomic mass is 14.9. The molecular weight excluding hydrogens is 162 g/mol. The molecule has 2 rings (SSSR count). The highest BCUT2D eigenvalue weighted by Crippen LogP contribution is 2.16. The summed E-state index contributed by atoms with van der Waals surface area (Å²) in [6.07, 6.45) is 3.53. The number of aromatic nitrogens is 3. The van der Waals surface area contributed by atoms with Crippen LogP contribution < -0.4 is 0 Å². The number of aryl methyl sites for hydroxylation is 2. The third-order valence-electron chi connectivity index (χ3n) is 1.86. The fraction of sp³-hybridized carbons (Fsp3) is 0.400. The van der Waals surface area contributed by atoms with Crippen molar-refractivity contribution in [1.29, 1.82) is 0 Å². The first-order chi connectivity index (χ1) is 6.29. The van der Waals surface area contributed by atoms with Crippen molar-refractivity contribution in [3.8, 4) is 0 Å². The Labute approximate surface area is 78.2 Å². The third kappa shape index (κ3) is 1.69. The number of aromatic amines is 1. The van der Waals surface area contributed by atoms with E-state index in [1.165, 1.54) is 5.56 Å². The van der Waals surface area contributed by atoms with E-state index in [2.05, 4.69) is 21.9 Å². The maximum Gasteiger partial charge on any atom is 0.141 e. The van der Waals surface area contributed by atoms with Crippen LogP contribution in [0.4, 0.5) is 0 Å². The third-order valence-corrected chi connectivity index (χ3v) is 1.86. The lowest BCUT2D eigenvalue weighted by Gasteiger charge is -1.93. The van der Waals surface area contributed by atoms with E-state index in [0.717, 1.165) is 16.7 Å². The van der Waals surface area contributed by atoms with Crippen LogP contribution in [0.5, 0.6) is 0 Å². The molecule has 0 saturated heterocycles. The van der Waals surface area contributed by atoms with E-state index in [0.29, 0.717) is 0 Å². The summed E-state index contributed by atoms with van der Waals surface area (Å²) in [4.78, 5) is 11.3. The standard InChI is InChI=1S/C8H9N3.C2H6/c1-5-3-9-8-7(5)6(2)10-4-11-8;1-2/h3-4H,1-2H3,(H,9,10,11);1-2H3. The number of H-pyrrole nitrogens is 1. The molecule has 0 bridgehead atoms. The molecule has 2 heterocycles. The van der Waals surface area contributed by atoms with Crippen LogP contribution in [0.25, 0.3) is 11.0 Å². The van der Waals surface area contributed by atoms with Gasteiger partial charge >= 0.3 is 0 Å². The molecule has 0 unspecified atom stereocenters. The van der Waals surface area contributed by atoms with Gasteiger partial charge in [0.25, 0.3) is 0 Å². The van der Waals surface area contributed by atoms with E-state index in [1.54, 1.807) is 6.33 Å². The van der Waals surface area contributed by atoms with E-state index >= 15 is 0 Å². The zero-order valence-corrected chi connectivity index (χ0v) is 8.55.